The van der Waals surface area contributed by atoms with E-state index in [1.807, 2.05) is 4.90 Å². The van der Waals surface area contributed by atoms with Gasteiger partial charge < -0.3 is 9.88 Å². The minimum Gasteiger partial charge on any atom is -0.348 e. The number of hydrogen-bond donors (Lipinski definition) is 1. The fraction of sp³-hybridized carbons (Fsp3) is 0.526. The predicted octanol–water partition coefficient (Wildman–Crippen LogP) is 2.31. The van der Waals surface area contributed by atoms with Crippen molar-refractivity contribution in [2.45, 2.75) is 44.7 Å². The lowest BCUT2D eigenvalue weighted by atomic mass is 10.1. The second-order valence-electron chi connectivity index (χ2n) is 7.04. The van der Waals surface area contributed by atoms with Crippen LogP contribution in [0.15, 0.2) is 30.7 Å². The first-order chi connectivity index (χ1) is 12.3. The van der Waals surface area contributed by atoms with E-state index in [9.17, 15) is 4.79 Å². The van der Waals surface area contributed by atoms with E-state index in [1.54, 1.807) is 12.5 Å². The van der Waals surface area contributed by atoms with Gasteiger partial charge in [0, 0.05) is 25.0 Å². The Balaban J connectivity index is 1.46. The van der Waals surface area contributed by atoms with Crippen LogP contribution in [0.3, 0.4) is 0 Å². The van der Waals surface area contributed by atoms with Gasteiger partial charge in [0.1, 0.15) is 0 Å². The Labute approximate surface area is 148 Å². The molecule has 25 heavy (non-hydrogen) atoms. The van der Waals surface area contributed by atoms with Gasteiger partial charge in [0.25, 0.3) is 0 Å². The molecule has 4 heterocycles. The highest BCUT2D eigenvalue weighted by atomic mass is 16.2. The number of nitrogens with zero attached hydrogens (tertiary/aromatic N) is 4. The molecule has 0 aliphatic carbocycles. The van der Waals surface area contributed by atoms with E-state index in [4.69, 9.17) is 4.98 Å². The SMILES string of the molecule is O=C(Cc1cnc[nH]1)N1CCCC1c1cccc(CN2CCCC2)n1. The first-order valence-corrected chi connectivity index (χ1v) is 9.24. The highest BCUT2D eigenvalue weighted by Crippen LogP contribution is 2.31. The Morgan fingerprint density at radius 3 is 2.88 bits per heavy atom. The molecule has 2 saturated heterocycles. The molecule has 6 heteroatoms. The van der Waals surface area contributed by atoms with Crippen LogP contribution < -0.4 is 0 Å². The maximum atomic E-state index is 12.7. The molecule has 132 valence electrons. The number of imidazole rings is 1. The van der Waals surface area contributed by atoms with Crippen molar-refractivity contribution in [2.24, 2.45) is 0 Å². The van der Waals surface area contributed by atoms with Gasteiger partial charge in [0.05, 0.1) is 30.2 Å². The van der Waals surface area contributed by atoms with Crippen LogP contribution in [0.25, 0.3) is 0 Å². The van der Waals surface area contributed by atoms with Gasteiger partial charge in [-0.1, -0.05) is 6.07 Å². The number of amides is 1. The molecule has 6 nitrogen and oxygen atoms in total. The number of aromatic amines is 1. The van der Waals surface area contributed by atoms with Crippen molar-refractivity contribution < 1.29 is 4.79 Å². The van der Waals surface area contributed by atoms with Crippen molar-refractivity contribution in [1.82, 2.24) is 24.8 Å². The number of aromatic nitrogens is 3. The van der Waals surface area contributed by atoms with E-state index in [0.717, 1.165) is 43.0 Å². The fourth-order valence-corrected chi connectivity index (χ4v) is 3.96. The Morgan fingerprint density at radius 2 is 2.08 bits per heavy atom. The summed E-state index contributed by atoms with van der Waals surface area (Å²) in [5.74, 6) is 0.151. The summed E-state index contributed by atoms with van der Waals surface area (Å²) < 4.78 is 0. The first kappa shape index (κ1) is 16.3. The lowest BCUT2D eigenvalue weighted by Gasteiger charge is -2.25. The van der Waals surface area contributed by atoms with Crippen LogP contribution in [0.4, 0.5) is 0 Å². The molecule has 2 fully saturated rings. The third kappa shape index (κ3) is 3.74. The zero-order chi connectivity index (χ0) is 17.1. The molecule has 1 N–H and O–H groups in total. The molecule has 0 spiro atoms. The molecule has 1 amide bonds. The summed E-state index contributed by atoms with van der Waals surface area (Å²) in [5.41, 5.74) is 3.02. The molecule has 0 radical (unpaired) electrons. The molecule has 0 saturated carbocycles. The van der Waals surface area contributed by atoms with Crippen molar-refractivity contribution in [1.29, 1.82) is 0 Å². The van der Waals surface area contributed by atoms with Crippen LogP contribution in [0.1, 0.15) is 48.8 Å². The molecular weight excluding hydrogens is 314 g/mol. The van der Waals surface area contributed by atoms with Gasteiger partial charge in [0.15, 0.2) is 0 Å². The molecule has 2 aromatic heterocycles. The highest BCUT2D eigenvalue weighted by molar-refractivity contribution is 5.79. The largest absolute Gasteiger partial charge is 0.348 e. The maximum Gasteiger partial charge on any atom is 0.229 e. The third-order valence-corrected chi connectivity index (χ3v) is 5.22. The third-order valence-electron chi connectivity index (χ3n) is 5.22. The summed E-state index contributed by atoms with van der Waals surface area (Å²) in [7, 11) is 0. The molecular formula is C19H25N5O. The molecule has 0 bridgehead atoms. The van der Waals surface area contributed by atoms with Gasteiger partial charge >= 0.3 is 0 Å². The Bertz CT molecular complexity index is 708. The van der Waals surface area contributed by atoms with Crippen molar-refractivity contribution in [3.63, 3.8) is 0 Å². The standard InChI is InChI=1S/C19H25N5O/c25-19(11-16-12-20-14-21-16)24-10-4-7-18(24)17-6-3-5-15(22-17)13-23-8-1-2-9-23/h3,5-6,12,14,18H,1-2,4,7-11,13H2,(H,20,21). The summed E-state index contributed by atoms with van der Waals surface area (Å²) in [6.45, 7) is 4.08. The average molecular weight is 339 g/mol. The van der Waals surface area contributed by atoms with E-state index >= 15 is 0 Å². The van der Waals surface area contributed by atoms with Crippen molar-refractivity contribution in [2.75, 3.05) is 19.6 Å². The van der Waals surface area contributed by atoms with Gasteiger partial charge in [-0.3, -0.25) is 14.7 Å². The molecule has 1 atom stereocenters. The van der Waals surface area contributed by atoms with Gasteiger partial charge in [-0.05, 0) is 50.9 Å². The second-order valence-corrected chi connectivity index (χ2v) is 7.04. The molecule has 0 aromatic carbocycles. The number of carbonyl (C=O) groups is 1. The van der Waals surface area contributed by atoms with E-state index < -0.39 is 0 Å². The number of rotatable bonds is 5. The van der Waals surface area contributed by atoms with Crippen LogP contribution in [0.2, 0.25) is 0 Å². The fourth-order valence-electron chi connectivity index (χ4n) is 3.96. The number of carbonyl (C=O) groups excluding carboxylic acids is 1. The summed E-state index contributed by atoms with van der Waals surface area (Å²) >= 11 is 0. The van der Waals surface area contributed by atoms with E-state index in [0.29, 0.717) is 6.42 Å². The van der Waals surface area contributed by atoms with E-state index in [1.165, 1.54) is 25.9 Å². The first-order valence-electron chi connectivity index (χ1n) is 9.24. The van der Waals surface area contributed by atoms with Crippen LogP contribution in [0, 0.1) is 0 Å². The summed E-state index contributed by atoms with van der Waals surface area (Å²) in [5, 5.41) is 0. The van der Waals surface area contributed by atoms with Crippen molar-refractivity contribution >= 4 is 5.91 Å². The number of nitrogens with one attached hydrogen (secondary N) is 1. The van der Waals surface area contributed by atoms with Crippen LogP contribution in [0.5, 0.6) is 0 Å². The second kappa shape index (κ2) is 7.35. The minimum absolute atomic E-state index is 0.106. The zero-order valence-electron chi connectivity index (χ0n) is 14.5. The average Bonchev–Trinajstić information content (AvgIpc) is 3.37. The van der Waals surface area contributed by atoms with Gasteiger partial charge in [-0.2, -0.15) is 0 Å². The van der Waals surface area contributed by atoms with Gasteiger partial charge in [-0.15, -0.1) is 0 Å². The number of H-pyrrole nitrogens is 1. The molecule has 4 rings (SSSR count). The van der Waals surface area contributed by atoms with Crippen LogP contribution >= 0.6 is 0 Å². The Morgan fingerprint density at radius 1 is 1.20 bits per heavy atom. The molecule has 2 aliphatic rings. The molecule has 2 aliphatic heterocycles. The van der Waals surface area contributed by atoms with Crippen molar-refractivity contribution in [3.05, 3.63) is 47.8 Å². The summed E-state index contributed by atoms with van der Waals surface area (Å²) in [6, 6.07) is 6.37. The maximum absolute atomic E-state index is 12.7. The minimum atomic E-state index is 0.106. The topological polar surface area (TPSA) is 65.1 Å². The number of hydrogen-bond acceptors (Lipinski definition) is 4. The normalized spacial score (nSPS) is 21.1. The van der Waals surface area contributed by atoms with Gasteiger partial charge in [-0.25, -0.2) is 4.98 Å². The predicted molar refractivity (Wildman–Crippen MR) is 94.7 cm³/mol. The quantitative estimate of drug-likeness (QED) is 0.908. The monoisotopic (exact) mass is 339 g/mol. The molecule has 1 unspecified atom stereocenters. The molecule has 2 aromatic rings. The van der Waals surface area contributed by atoms with Crippen molar-refractivity contribution in [3.8, 4) is 0 Å². The Kier molecular flexibility index (Phi) is 4.78. The summed E-state index contributed by atoms with van der Waals surface area (Å²) in [4.78, 5) is 29.1. The van der Waals surface area contributed by atoms with Crippen LogP contribution in [-0.4, -0.2) is 50.3 Å². The van der Waals surface area contributed by atoms with Crippen LogP contribution in [-0.2, 0) is 17.8 Å². The summed E-state index contributed by atoms with van der Waals surface area (Å²) in [6.07, 6.45) is 8.33. The smallest absolute Gasteiger partial charge is 0.229 e. The lowest BCUT2D eigenvalue weighted by Crippen LogP contribution is -2.32. The highest BCUT2D eigenvalue weighted by Gasteiger charge is 2.31. The van der Waals surface area contributed by atoms with E-state index in [2.05, 4.69) is 33.1 Å². The lowest BCUT2D eigenvalue weighted by molar-refractivity contribution is -0.131. The Hall–Kier alpha value is -2.21. The number of pyridine rings is 1. The number of likely N-dealkylation sites (tertiary alicyclic amines) is 2. The van der Waals surface area contributed by atoms with Gasteiger partial charge in [0.2, 0.25) is 5.91 Å². The zero-order valence-corrected chi connectivity index (χ0v) is 14.5. The van der Waals surface area contributed by atoms with E-state index in [-0.39, 0.29) is 11.9 Å².